The molecule has 43 heavy (non-hydrogen) atoms. The van der Waals surface area contributed by atoms with E-state index >= 15 is 0 Å². The summed E-state index contributed by atoms with van der Waals surface area (Å²) in [5.74, 6) is 4.99. The summed E-state index contributed by atoms with van der Waals surface area (Å²) >= 11 is 5.16. The SMILES string of the molecule is CC(C)CCCCCSCCC(=O)[O-].CC(C)CCCCCSCCC(=O)[O-].CC(C)CCCCCSCCC(=O)[O-].[Sb+3]. The second-order valence-corrected chi connectivity index (χ2v) is 15.6. The molecule has 2 radical (unpaired) electrons. The van der Waals surface area contributed by atoms with Crippen LogP contribution in [0.3, 0.4) is 0 Å². The molecule has 0 fully saturated rings. The monoisotopic (exact) mass is 772 g/mol. The molecule has 0 N–H and O–H groups in total. The molecule has 0 rings (SSSR count). The van der Waals surface area contributed by atoms with E-state index in [0.29, 0.717) is 17.3 Å². The van der Waals surface area contributed by atoms with Gasteiger partial charge in [0.2, 0.25) is 0 Å². The van der Waals surface area contributed by atoms with Crippen LogP contribution in [0.4, 0.5) is 0 Å². The first-order chi connectivity index (χ1) is 19.9. The molecule has 0 aromatic rings. The minimum absolute atomic E-state index is 0. The van der Waals surface area contributed by atoms with Gasteiger partial charge in [-0.15, -0.1) is 0 Å². The van der Waals surface area contributed by atoms with E-state index in [1.165, 1.54) is 77.0 Å². The van der Waals surface area contributed by atoms with Gasteiger partial charge in [-0.25, -0.2) is 0 Å². The van der Waals surface area contributed by atoms with E-state index in [1.807, 2.05) is 0 Å². The fourth-order valence-electron chi connectivity index (χ4n) is 3.57. The number of unbranched alkanes of at least 4 members (excludes halogenated alkanes) is 6. The van der Waals surface area contributed by atoms with Gasteiger partial charge < -0.3 is 29.7 Å². The van der Waals surface area contributed by atoms with Gasteiger partial charge in [-0.2, -0.15) is 35.3 Å². The maximum atomic E-state index is 10.1. The van der Waals surface area contributed by atoms with Gasteiger partial charge in [0.15, 0.2) is 0 Å². The Balaban J connectivity index is -0.000000262. The maximum absolute atomic E-state index is 10.1. The van der Waals surface area contributed by atoms with E-state index < -0.39 is 17.9 Å². The summed E-state index contributed by atoms with van der Waals surface area (Å²) in [5, 5.41) is 30.3. The second-order valence-electron chi connectivity index (χ2n) is 11.9. The molecule has 0 unspecified atom stereocenters. The van der Waals surface area contributed by atoms with Gasteiger partial charge in [-0.1, -0.05) is 99.3 Å². The van der Waals surface area contributed by atoms with E-state index in [1.54, 1.807) is 35.3 Å². The molecule has 0 aliphatic rings. The van der Waals surface area contributed by atoms with Crippen molar-refractivity contribution in [1.82, 2.24) is 0 Å². The Morgan fingerprint density at radius 2 is 0.651 bits per heavy atom. The van der Waals surface area contributed by atoms with Crippen molar-refractivity contribution in [2.24, 2.45) is 17.8 Å². The Bertz CT molecular complexity index is 526. The van der Waals surface area contributed by atoms with Crippen LogP contribution in [0.5, 0.6) is 0 Å². The summed E-state index contributed by atoms with van der Waals surface area (Å²) in [7, 11) is 0. The van der Waals surface area contributed by atoms with Crippen LogP contribution in [0.15, 0.2) is 0 Å². The van der Waals surface area contributed by atoms with E-state index in [-0.39, 0.29) is 43.7 Å². The average molecular weight is 774 g/mol. The molecule has 0 saturated heterocycles. The Kier molecular flexibility index (Phi) is 47.0. The summed E-state index contributed by atoms with van der Waals surface area (Å²) in [6.45, 7) is 13.5. The fourth-order valence-corrected chi connectivity index (χ4v) is 6.34. The normalized spacial score (nSPS) is 10.5. The predicted octanol–water partition coefficient (Wildman–Crippen LogP) is 5.85. The number of hydrogen-bond acceptors (Lipinski definition) is 9. The summed E-state index contributed by atoms with van der Waals surface area (Å²) in [6.07, 6.45) is 15.9. The first-order valence-electron chi connectivity index (χ1n) is 16.2. The van der Waals surface area contributed by atoms with E-state index in [4.69, 9.17) is 0 Å². The van der Waals surface area contributed by atoms with Gasteiger partial charge in [0.1, 0.15) is 0 Å². The predicted molar refractivity (Wildman–Crippen MR) is 187 cm³/mol. The zero-order valence-electron chi connectivity index (χ0n) is 28.2. The first-order valence-corrected chi connectivity index (χ1v) is 19.7. The van der Waals surface area contributed by atoms with Crippen molar-refractivity contribution in [1.29, 1.82) is 0 Å². The number of carbonyl (C=O) groups excluding carboxylic acids is 3. The Morgan fingerprint density at radius 3 is 0.837 bits per heavy atom. The number of aliphatic carboxylic acids is 3. The van der Waals surface area contributed by atoms with Crippen molar-refractivity contribution >= 4 is 77.6 Å². The second kappa shape index (κ2) is 40.3. The summed E-state index contributed by atoms with van der Waals surface area (Å²) in [5.41, 5.74) is 0. The van der Waals surface area contributed by atoms with Crippen LogP contribution >= 0.6 is 35.3 Å². The number of carboxylic acid groups (broad SMARTS) is 3. The van der Waals surface area contributed by atoms with Crippen molar-refractivity contribution in [2.45, 2.75) is 138 Å². The molecule has 6 nitrogen and oxygen atoms in total. The third-order valence-electron chi connectivity index (χ3n) is 6.06. The van der Waals surface area contributed by atoms with Crippen LogP contribution in [-0.4, -0.2) is 76.9 Å². The molecule has 254 valence electrons. The molecule has 0 heterocycles. The van der Waals surface area contributed by atoms with E-state index in [2.05, 4.69) is 41.5 Å². The fraction of sp³-hybridized carbons (Fsp3) is 0.909. The van der Waals surface area contributed by atoms with Crippen LogP contribution < -0.4 is 15.3 Å². The third-order valence-corrected chi connectivity index (χ3v) is 9.27. The van der Waals surface area contributed by atoms with E-state index in [9.17, 15) is 29.7 Å². The largest absolute Gasteiger partial charge is 3.00 e. The van der Waals surface area contributed by atoms with Crippen molar-refractivity contribution < 1.29 is 29.7 Å². The van der Waals surface area contributed by atoms with Crippen molar-refractivity contribution in [2.75, 3.05) is 34.5 Å². The quantitative estimate of drug-likeness (QED) is 0.0749. The molecule has 0 aromatic heterocycles. The summed E-state index contributed by atoms with van der Waals surface area (Å²) in [6, 6.07) is 0. The molecule has 0 saturated carbocycles. The minimum atomic E-state index is -0.933. The summed E-state index contributed by atoms with van der Waals surface area (Å²) < 4.78 is 0. The molecule has 0 aromatic carbocycles. The molecule has 0 bridgehead atoms. The van der Waals surface area contributed by atoms with Gasteiger partial charge in [-0.3, -0.25) is 0 Å². The van der Waals surface area contributed by atoms with Crippen molar-refractivity contribution in [3.05, 3.63) is 0 Å². The van der Waals surface area contributed by atoms with Crippen LogP contribution in [0.1, 0.15) is 138 Å². The Labute approximate surface area is 295 Å². The van der Waals surface area contributed by atoms with E-state index in [0.717, 1.165) is 35.0 Å². The van der Waals surface area contributed by atoms with Crippen molar-refractivity contribution in [3.63, 3.8) is 0 Å². The molecule has 0 aliphatic carbocycles. The molecule has 0 atom stereocenters. The van der Waals surface area contributed by atoms with Gasteiger partial charge in [0, 0.05) is 17.9 Å². The molecule has 0 amide bonds. The smallest absolute Gasteiger partial charge is 0.550 e. The molecule has 0 spiro atoms. The van der Waals surface area contributed by atoms with Gasteiger partial charge >= 0.3 is 24.4 Å². The zero-order valence-corrected chi connectivity index (χ0v) is 33.2. The standard InChI is InChI=1S/3C11H22O2S.Sb/c3*1-10(2)6-4-3-5-8-14-9-7-11(12)13;/h3*10H,3-9H2,1-2H3,(H,12,13);/q;;;+3/p-3. The third kappa shape index (κ3) is 61.9. The molecular weight excluding hydrogens is 710 g/mol. The first kappa shape index (κ1) is 50.1. The molecule has 10 heteroatoms. The van der Waals surface area contributed by atoms with Gasteiger partial charge in [-0.05, 0) is 90.8 Å². The molecule has 0 aliphatic heterocycles. The number of rotatable bonds is 27. The van der Waals surface area contributed by atoms with Gasteiger partial charge in [0.05, 0.1) is 0 Å². The maximum Gasteiger partial charge on any atom is 3.00 e. The van der Waals surface area contributed by atoms with Crippen LogP contribution in [0.2, 0.25) is 0 Å². The van der Waals surface area contributed by atoms with Crippen LogP contribution in [0.25, 0.3) is 0 Å². The summed E-state index contributed by atoms with van der Waals surface area (Å²) in [4.78, 5) is 30.3. The Morgan fingerprint density at radius 1 is 0.419 bits per heavy atom. The number of thioether (sulfide) groups is 3. The average Bonchev–Trinajstić information content (AvgIpc) is 2.88. The molecular formula is C33H63O6S3Sb. The van der Waals surface area contributed by atoms with Crippen LogP contribution in [-0.2, 0) is 14.4 Å². The topological polar surface area (TPSA) is 120 Å². The van der Waals surface area contributed by atoms with Gasteiger partial charge in [0.25, 0.3) is 0 Å². The number of carbonyl (C=O) groups is 3. The number of hydrogen-bond donors (Lipinski definition) is 0. The minimum Gasteiger partial charge on any atom is -0.550 e. The Hall–Kier alpha value is 0.278. The van der Waals surface area contributed by atoms with Crippen molar-refractivity contribution in [3.8, 4) is 0 Å². The number of carboxylic acids is 3. The zero-order chi connectivity index (χ0) is 32.4. The van der Waals surface area contributed by atoms with Crippen LogP contribution in [0, 0.1) is 17.8 Å².